The average molecular weight is 547 g/mol. The van der Waals surface area contributed by atoms with Gasteiger partial charge in [-0.1, -0.05) is 103 Å². The van der Waals surface area contributed by atoms with E-state index in [1.165, 1.54) is 4.31 Å². The first kappa shape index (κ1) is 26.9. The van der Waals surface area contributed by atoms with Crippen LogP contribution in [0.1, 0.15) is 38.7 Å². The first-order valence-electron chi connectivity index (χ1n) is 13.1. The standard InChI is InChI=1S/C34H30N2O3S/c1-26-13-11-12-20-32(26)33(28-14-5-2-6-15-28)35-34(37)29-23-21-27(22-24-29)25-36(30-16-7-3-8-17-30)40(38,39)31-18-9-4-10-19-31/h2-24,33H,25H2,1H3,(H,35,37). The first-order valence-corrected chi connectivity index (χ1v) is 14.5. The van der Waals surface area contributed by atoms with E-state index >= 15 is 0 Å². The van der Waals surface area contributed by atoms with Gasteiger partial charge in [-0.25, -0.2) is 8.42 Å². The van der Waals surface area contributed by atoms with Crippen LogP contribution in [0, 0.1) is 6.92 Å². The van der Waals surface area contributed by atoms with Crippen molar-refractivity contribution < 1.29 is 13.2 Å². The molecular weight excluding hydrogens is 516 g/mol. The summed E-state index contributed by atoms with van der Waals surface area (Å²) in [6.45, 7) is 2.16. The summed E-state index contributed by atoms with van der Waals surface area (Å²) in [6, 6.07) is 42.1. The normalized spacial score (nSPS) is 11.9. The summed E-state index contributed by atoms with van der Waals surface area (Å²) in [7, 11) is -3.81. The van der Waals surface area contributed by atoms with Gasteiger partial charge in [0.2, 0.25) is 0 Å². The molecule has 0 aromatic heterocycles. The maximum atomic E-state index is 13.6. The molecule has 0 spiro atoms. The van der Waals surface area contributed by atoms with Crippen LogP contribution in [-0.2, 0) is 16.6 Å². The molecule has 0 heterocycles. The number of sulfonamides is 1. The summed E-state index contributed by atoms with van der Waals surface area (Å²) < 4.78 is 28.6. The molecule has 0 aliphatic rings. The highest BCUT2D eigenvalue weighted by molar-refractivity contribution is 7.92. The minimum Gasteiger partial charge on any atom is -0.341 e. The van der Waals surface area contributed by atoms with Crippen LogP contribution in [0.2, 0.25) is 0 Å². The minimum absolute atomic E-state index is 0.124. The molecule has 1 amide bonds. The molecule has 1 unspecified atom stereocenters. The molecular formula is C34H30N2O3S. The summed E-state index contributed by atoms with van der Waals surface area (Å²) in [4.78, 5) is 13.6. The van der Waals surface area contributed by atoms with Crippen molar-refractivity contribution >= 4 is 21.6 Å². The molecule has 5 aromatic carbocycles. The molecule has 0 aliphatic carbocycles. The van der Waals surface area contributed by atoms with Crippen LogP contribution in [0.4, 0.5) is 5.69 Å². The molecule has 200 valence electrons. The van der Waals surface area contributed by atoms with Crippen LogP contribution < -0.4 is 9.62 Å². The van der Waals surface area contributed by atoms with Crippen molar-refractivity contribution in [2.45, 2.75) is 24.4 Å². The average Bonchev–Trinajstić information content (AvgIpc) is 3.00. The van der Waals surface area contributed by atoms with Gasteiger partial charge < -0.3 is 5.32 Å². The SMILES string of the molecule is Cc1ccccc1C(NC(=O)c1ccc(CN(c2ccccc2)S(=O)(=O)c2ccccc2)cc1)c1ccccc1. The van der Waals surface area contributed by atoms with Gasteiger partial charge in [-0.15, -0.1) is 0 Å². The number of amides is 1. The zero-order chi connectivity index (χ0) is 28.0. The second-order valence-electron chi connectivity index (χ2n) is 9.53. The lowest BCUT2D eigenvalue weighted by atomic mass is 9.94. The fourth-order valence-corrected chi connectivity index (χ4v) is 6.14. The maximum absolute atomic E-state index is 13.6. The van der Waals surface area contributed by atoms with Gasteiger partial charge in [0.15, 0.2) is 0 Å². The Kier molecular flexibility index (Phi) is 8.08. The van der Waals surface area contributed by atoms with Crippen molar-refractivity contribution in [3.8, 4) is 0 Å². The third kappa shape index (κ3) is 5.98. The van der Waals surface area contributed by atoms with E-state index in [1.54, 1.807) is 66.7 Å². The molecule has 0 saturated heterocycles. The Labute approximate surface area is 235 Å². The molecule has 0 fully saturated rings. The van der Waals surface area contributed by atoms with Crippen molar-refractivity contribution in [2.75, 3.05) is 4.31 Å². The second-order valence-corrected chi connectivity index (χ2v) is 11.4. The quantitative estimate of drug-likeness (QED) is 0.218. The van der Waals surface area contributed by atoms with Crippen molar-refractivity contribution in [1.29, 1.82) is 0 Å². The third-order valence-electron chi connectivity index (χ3n) is 6.83. The van der Waals surface area contributed by atoms with Crippen molar-refractivity contribution in [3.05, 3.63) is 167 Å². The van der Waals surface area contributed by atoms with E-state index in [0.717, 1.165) is 22.3 Å². The number of anilines is 1. The summed E-state index contributed by atoms with van der Waals surface area (Å²) in [5.41, 5.74) is 4.94. The molecule has 1 N–H and O–H groups in total. The predicted molar refractivity (Wildman–Crippen MR) is 160 cm³/mol. The Morgan fingerprint density at radius 3 is 1.88 bits per heavy atom. The van der Waals surface area contributed by atoms with Gasteiger partial charge >= 0.3 is 0 Å². The zero-order valence-electron chi connectivity index (χ0n) is 22.1. The number of hydrogen-bond acceptors (Lipinski definition) is 3. The number of benzene rings is 5. The molecule has 0 saturated carbocycles. The Balaban J connectivity index is 1.40. The number of aryl methyl sites for hydroxylation is 1. The predicted octanol–water partition coefficient (Wildman–Crippen LogP) is 6.91. The van der Waals surface area contributed by atoms with Crippen LogP contribution in [0.3, 0.4) is 0 Å². The van der Waals surface area contributed by atoms with Gasteiger partial charge in [0, 0.05) is 5.56 Å². The van der Waals surface area contributed by atoms with E-state index in [4.69, 9.17) is 0 Å². The monoisotopic (exact) mass is 546 g/mol. The lowest BCUT2D eigenvalue weighted by Crippen LogP contribution is -2.31. The van der Waals surface area contributed by atoms with Crippen LogP contribution >= 0.6 is 0 Å². The van der Waals surface area contributed by atoms with E-state index < -0.39 is 10.0 Å². The first-order chi connectivity index (χ1) is 19.4. The molecule has 5 aromatic rings. The van der Waals surface area contributed by atoms with E-state index in [0.29, 0.717) is 11.3 Å². The van der Waals surface area contributed by atoms with Crippen LogP contribution in [0.5, 0.6) is 0 Å². The Morgan fingerprint density at radius 1 is 0.700 bits per heavy atom. The van der Waals surface area contributed by atoms with Gasteiger partial charge in [0.05, 0.1) is 23.2 Å². The number of nitrogens with one attached hydrogen (secondary N) is 1. The lowest BCUT2D eigenvalue weighted by Gasteiger charge is -2.25. The second kappa shape index (κ2) is 12.0. The molecule has 6 heteroatoms. The highest BCUT2D eigenvalue weighted by Gasteiger charge is 2.25. The van der Waals surface area contributed by atoms with E-state index in [2.05, 4.69) is 5.32 Å². The molecule has 0 radical (unpaired) electrons. The van der Waals surface area contributed by atoms with Gasteiger partial charge in [-0.2, -0.15) is 0 Å². The number of carbonyl (C=O) groups excluding carboxylic acids is 1. The molecule has 40 heavy (non-hydrogen) atoms. The maximum Gasteiger partial charge on any atom is 0.264 e. The largest absolute Gasteiger partial charge is 0.341 e. The van der Waals surface area contributed by atoms with E-state index in [-0.39, 0.29) is 23.4 Å². The van der Waals surface area contributed by atoms with Crippen LogP contribution in [-0.4, -0.2) is 14.3 Å². The van der Waals surface area contributed by atoms with Gasteiger partial charge in [0.1, 0.15) is 0 Å². The topological polar surface area (TPSA) is 66.5 Å². The Bertz CT molecular complexity index is 1670. The molecule has 1 atom stereocenters. The summed E-state index contributed by atoms with van der Waals surface area (Å²) in [5, 5.41) is 3.19. The highest BCUT2D eigenvalue weighted by atomic mass is 32.2. The van der Waals surface area contributed by atoms with Crippen molar-refractivity contribution in [3.63, 3.8) is 0 Å². The van der Waals surface area contributed by atoms with Gasteiger partial charge in [-0.3, -0.25) is 9.10 Å². The van der Waals surface area contributed by atoms with E-state index in [9.17, 15) is 13.2 Å². The van der Waals surface area contributed by atoms with Crippen molar-refractivity contribution in [1.82, 2.24) is 5.32 Å². The summed E-state index contributed by atoms with van der Waals surface area (Å²) in [5.74, 6) is -0.208. The summed E-state index contributed by atoms with van der Waals surface area (Å²) >= 11 is 0. The number of carbonyl (C=O) groups is 1. The number of hydrogen-bond donors (Lipinski definition) is 1. The zero-order valence-corrected chi connectivity index (χ0v) is 23.0. The molecule has 0 aliphatic heterocycles. The smallest absolute Gasteiger partial charge is 0.264 e. The summed E-state index contributed by atoms with van der Waals surface area (Å²) in [6.07, 6.45) is 0. The fourth-order valence-electron chi connectivity index (χ4n) is 4.67. The lowest BCUT2D eigenvalue weighted by molar-refractivity contribution is 0.0943. The Hall–Kier alpha value is -4.68. The third-order valence-corrected chi connectivity index (χ3v) is 8.61. The number of rotatable bonds is 9. The highest BCUT2D eigenvalue weighted by Crippen LogP contribution is 2.27. The van der Waals surface area contributed by atoms with Crippen molar-refractivity contribution in [2.24, 2.45) is 0 Å². The van der Waals surface area contributed by atoms with Crippen LogP contribution in [0.15, 0.2) is 144 Å². The minimum atomic E-state index is -3.81. The molecule has 5 rings (SSSR count). The number of para-hydroxylation sites is 1. The van der Waals surface area contributed by atoms with Crippen LogP contribution in [0.25, 0.3) is 0 Å². The Morgan fingerprint density at radius 2 is 1.25 bits per heavy atom. The fraction of sp³-hybridized carbons (Fsp3) is 0.0882. The van der Waals surface area contributed by atoms with Gasteiger partial charge in [-0.05, 0) is 65.6 Å². The van der Waals surface area contributed by atoms with Gasteiger partial charge in [0.25, 0.3) is 15.9 Å². The molecule has 5 nitrogen and oxygen atoms in total. The molecule has 0 bridgehead atoms. The van der Waals surface area contributed by atoms with E-state index in [1.807, 2.05) is 79.7 Å². The number of nitrogens with zero attached hydrogens (tertiary/aromatic N) is 1.